The molecule has 1 aliphatic heterocycles. The molecule has 10 heteroatoms. The molecule has 0 saturated carbocycles. The highest BCUT2D eigenvalue weighted by atomic mass is 19.4. The number of nitrogen functional groups attached to an aromatic ring is 1. The van der Waals surface area contributed by atoms with Gasteiger partial charge in [0.15, 0.2) is 5.65 Å². The molecular weight excluding hydrogens is 397 g/mol. The van der Waals surface area contributed by atoms with Crippen molar-refractivity contribution in [1.29, 1.82) is 0 Å². The number of benzene rings is 1. The van der Waals surface area contributed by atoms with Crippen LogP contribution in [0.15, 0.2) is 30.3 Å². The number of nitrogens with two attached hydrogens (primary N) is 1. The molecule has 3 heterocycles. The van der Waals surface area contributed by atoms with Crippen molar-refractivity contribution in [3.63, 3.8) is 0 Å². The van der Waals surface area contributed by atoms with Gasteiger partial charge in [0.25, 0.3) is 0 Å². The van der Waals surface area contributed by atoms with Gasteiger partial charge in [0.2, 0.25) is 5.95 Å². The van der Waals surface area contributed by atoms with Gasteiger partial charge in [-0.1, -0.05) is 6.07 Å². The smallest absolute Gasteiger partial charge is 0.393 e. The zero-order valence-electron chi connectivity index (χ0n) is 16.2. The van der Waals surface area contributed by atoms with E-state index < -0.39 is 17.8 Å². The number of nitrogens with zero attached hydrogens (tertiary/aromatic N) is 4. The lowest BCUT2D eigenvalue weighted by Gasteiger charge is -2.33. The van der Waals surface area contributed by atoms with E-state index >= 15 is 0 Å². The number of hydrogen-bond donors (Lipinski definition) is 3. The number of aliphatic hydroxyl groups is 1. The Kier molecular flexibility index (Phi) is 5.10. The van der Waals surface area contributed by atoms with Crippen molar-refractivity contribution in [2.75, 3.05) is 36.1 Å². The molecule has 30 heavy (non-hydrogen) atoms. The van der Waals surface area contributed by atoms with Gasteiger partial charge in [-0.15, -0.1) is 0 Å². The van der Waals surface area contributed by atoms with Gasteiger partial charge in [0.05, 0.1) is 22.7 Å². The number of rotatable bonds is 3. The van der Waals surface area contributed by atoms with E-state index in [-0.39, 0.29) is 22.9 Å². The summed E-state index contributed by atoms with van der Waals surface area (Å²) in [5.41, 5.74) is 5.75. The van der Waals surface area contributed by atoms with Gasteiger partial charge in [-0.05, 0) is 37.1 Å². The van der Waals surface area contributed by atoms with Crippen LogP contribution in [0.2, 0.25) is 0 Å². The molecule has 0 amide bonds. The van der Waals surface area contributed by atoms with Crippen molar-refractivity contribution in [3.05, 3.63) is 35.9 Å². The minimum Gasteiger partial charge on any atom is -0.393 e. The number of alkyl halides is 3. The van der Waals surface area contributed by atoms with Gasteiger partial charge in [-0.2, -0.15) is 23.1 Å². The molecule has 7 nitrogen and oxygen atoms in total. The van der Waals surface area contributed by atoms with E-state index in [0.717, 1.165) is 6.07 Å². The lowest BCUT2D eigenvalue weighted by atomic mass is 9.98. The van der Waals surface area contributed by atoms with Crippen LogP contribution < -0.4 is 16.0 Å². The summed E-state index contributed by atoms with van der Waals surface area (Å²) in [6.45, 7) is 0.921. The summed E-state index contributed by atoms with van der Waals surface area (Å²) in [4.78, 5) is 14.5. The molecule has 1 aliphatic rings. The third-order valence-electron chi connectivity index (χ3n) is 5.22. The number of fused-ring (bicyclic) bond motifs is 1. The molecule has 1 fully saturated rings. The highest BCUT2D eigenvalue weighted by Gasteiger charge is 2.36. The van der Waals surface area contributed by atoms with Crippen LogP contribution in [0.5, 0.6) is 0 Å². The normalized spacial score (nSPS) is 15.6. The van der Waals surface area contributed by atoms with Crippen molar-refractivity contribution in [1.82, 2.24) is 15.0 Å². The Hall–Kier alpha value is -3.14. The number of anilines is 3. The lowest BCUT2D eigenvalue weighted by Crippen LogP contribution is -2.36. The quantitative estimate of drug-likeness (QED) is 0.600. The molecule has 0 atom stereocenters. The van der Waals surface area contributed by atoms with Gasteiger partial charge in [0.1, 0.15) is 5.82 Å². The monoisotopic (exact) mass is 418 g/mol. The van der Waals surface area contributed by atoms with Crippen LogP contribution >= 0.6 is 0 Å². The van der Waals surface area contributed by atoms with E-state index in [9.17, 15) is 18.3 Å². The molecule has 0 unspecified atom stereocenters. The summed E-state index contributed by atoms with van der Waals surface area (Å²) in [6, 6.07) is 7.28. The number of aliphatic hydroxyl groups excluding tert-OH is 1. The Labute approximate surface area is 170 Å². The Morgan fingerprint density at radius 2 is 1.83 bits per heavy atom. The molecular formula is C20H21F3N6O. The van der Waals surface area contributed by atoms with Gasteiger partial charge in [-0.3, -0.25) is 0 Å². The second-order valence-corrected chi connectivity index (χ2v) is 7.16. The fourth-order valence-corrected chi connectivity index (χ4v) is 3.77. The average Bonchev–Trinajstić information content (AvgIpc) is 2.72. The highest BCUT2D eigenvalue weighted by Crippen LogP contribution is 2.42. The fraction of sp³-hybridized carbons (Fsp3) is 0.350. The molecule has 0 bridgehead atoms. The summed E-state index contributed by atoms with van der Waals surface area (Å²) in [7, 11) is 1.66. The summed E-state index contributed by atoms with van der Waals surface area (Å²) in [6.07, 6.45) is -4.00. The van der Waals surface area contributed by atoms with E-state index in [4.69, 9.17) is 5.73 Å². The van der Waals surface area contributed by atoms with Crippen LogP contribution in [0.3, 0.4) is 0 Å². The van der Waals surface area contributed by atoms with Crippen molar-refractivity contribution in [3.8, 4) is 11.3 Å². The molecule has 1 saturated heterocycles. The maximum Gasteiger partial charge on any atom is 0.417 e. The molecule has 4 rings (SSSR count). The second kappa shape index (κ2) is 7.60. The fourth-order valence-electron chi connectivity index (χ4n) is 3.77. The Bertz CT molecular complexity index is 1080. The SMILES string of the molecule is CNc1nc(N)nc2nc(-c3c(N4CCC(O)CC4)cccc3C(F)(F)F)ccc12. The van der Waals surface area contributed by atoms with Crippen molar-refractivity contribution >= 4 is 28.5 Å². The standard InChI is InChI=1S/C20H21F3N6O/c1-25-17-12-5-6-14(26-18(12)28-19(24)27-17)16-13(20(21,22)23)3-2-4-15(16)29-9-7-11(30)8-10-29/h2-6,11,30H,7-10H2,1H3,(H3,24,25,26,27,28). The number of pyridine rings is 1. The molecule has 0 radical (unpaired) electrons. The van der Waals surface area contributed by atoms with Gasteiger partial charge < -0.3 is 21.1 Å². The maximum atomic E-state index is 13.9. The minimum absolute atomic E-state index is 0.00789. The number of aromatic nitrogens is 3. The maximum absolute atomic E-state index is 13.9. The lowest BCUT2D eigenvalue weighted by molar-refractivity contribution is -0.137. The Morgan fingerprint density at radius 1 is 1.10 bits per heavy atom. The minimum atomic E-state index is -4.56. The van der Waals surface area contributed by atoms with E-state index in [1.54, 1.807) is 19.2 Å². The van der Waals surface area contributed by atoms with E-state index in [2.05, 4.69) is 20.3 Å². The van der Waals surface area contributed by atoms with Gasteiger partial charge >= 0.3 is 6.18 Å². The zero-order chi connectivity index (χ0) is 21.5. The highest BCUT2D eigenvalue weighted by molar-refractivity contribution is 5.90. The molecule has 0 aliphatic carbocycles. The van der Waals surface area contributed by atoms with Gasteiger partial charge in [-0.25, -0.2) is 4.98 Å². The molecule has 2 aromatic heterocycles. The Balaban J connectivity index is 1.92. The first-order valence-electron chi connectivity index (χ1n) is 9.53. The van der Waals surface area contributed by atoms with Crippen LogP contribution in [-0.4, -0.2) is 46.3 Å². The number of piperidine rings is 1. The van der Waals surface area contributed by atoms with Crippen LogP contribution in [-0.2, 0) is 6.18 Å². The van der Waals surface area contributed by atoms with Crippen molar-refractivity contribution < 1.29 is 18.3 Å². The van der Waals surface area contributed by atoms with Crippen LogP contribution in [0.25, 0.3) is 22.3 Å². The molecule has 3 aromatic rings. The molecule has 0 spiro atoms. The molecule has 1 aromatic carbocycles. The van der Waals surface area contributed by atoms with Crippen LogP contribution in [0.1, 0.15) is 18.4 Å². The third kappa shape index (κ3) is 3.70. The number of nitrogens with one attached hydrogen (secondary N) is 1. The summed E-state index contributed by atoms with van der Waals surface area (Å²) in [5.74, 6) is 0.428. The van der Waals surface area contributed by atoms with Crippen LogP contribution in [0, 0.1) is 0 Å². The first-order chi connectivity index (χ1) is 14.3. The molecule has 4 N–H and O–H groups in total. The first kappa shape index (κ1) is 20.1. The van der Waals surface area contributed by atoms with Gasteiger partial charge in [0, 0.05) is 31.4 Å². The second-order valence-electron chi connectivity index (χ2n) is 7.16. The van der Waals surface area contributed by atoms with E-state index in [0.29, 0.717) is 42.8 Å². The molecule has 158 valence electrons. The summed E-state index contributed by atoms with van der Waals surface area (Å²) in [5, 5.41) is 13.2. The average molecular weight is 418 g/mol. The van der Waals surface area contributed by atoms with E-state index in [1.165, 1.54) is 12.1 Å². The van der Waals surface area contributed by atoms with E-state index in [1.807, 2.05) is 4.90 Å². The topological polar surface area (TPSA) is 100 Å². The van der Waals surface area contributed by atoms with Crippen molar-refractivity contribution in [2.24, 2.45) is 0 Å². The summed E-state index contributed by atoms with van der Waals surface area (Å²) < 4.78 is 41.7. The largest absolute Gasteiger partial charge is 0.417 e. The van der Waals surface area contributed by atoms with Crippen molar-refractivity contribution in [2.45, 2.75) is 25.1 Å². The number of hydrogen-bond acceptors (Lipinski definition) is 7. The predicted octanol–water partition coefficient (Wildman–Crippen LogP) is 3.30. The van der Waals surface area contributed by atoms with Crippen LogP contribution in [0.4, 0.5) is 30.6 Å². The Morgan fingerprint density at radius 3 is 2.50 bits per heavy atom. The first-order valence-corrected chi connectivity index (χ1v) is 9.53. The predicted molar refractivity (Wildman–Crippen MR) is 109 cm³/mol. The third-order valence-corrected chi connectivity index (χ3v) is 5.22. The zero-order valence-corrected chi connectivity index (χ0v) is 16.2. The number of halogens is 3. The summed E-state index contributed by atoms with van der Waals surface area (Å²) >= 11 is 0.